The van der Waals surface area contributed by atoms with Crippen molar-refractivity contribution in [2.45, 2.75) is 170 Å². The number of Topliss-reactive ketones (excluding diaryl/α,β-unsaturated/α-hetero) is 1. The molecule has 4 saturated carbocycles. The second kappa shape index (κ2) is 20.3. The summed E-state index contributed by atoms with van der Waals surface area (Å²) in [7, 11) is 5.46. The maximum absolute atomic E-state index is 13.3. The number of hydrogen-bond donors (Lipinski definition) is 6. The van der Waals surface area contributed by atoms with Crippen LogP contribution in [0.1, 0.15) is 154 Å². The van der Waals surface area contributed by atoms with Gasteiger partial charge in [-0.3, -0.25) is 9.59 Å². The minimum atomic E-state index is -0.692. The summed E-state index contributed by atoms with van der Waals surface area (Å²) in [4.78, 5) is 26.3. The predicted octanol–water partition coefficient (Wildman–Crippen LogP) is 10.3. The van der Waals surface area contributed by atoms with Gasteiger partial charge in [-0.25, -0.2) is 0 Å². The zero-order chi connectivity index (χ0) is 51.9. The number of fused-ring (bicyclic) bond motifs is 11. The quantitative estimate of drug-likeness (QED) is 0.0782. The van der Waals surface area contributed by atoms with Crippen molar-refractivity contribution in [3.05, 3.63) is 92.7 Å². The number of methoxy groups -OCH3 is 1. The molecule has 2 spiro atoms. The number of esters is 1. The molecule has 7 N–H and O–H groups in total. The van der Waals surface area contributed by atoms with Crippen molar-refractivity contribution in [3.8, 4) is 51.7 Å². The van der Waals surface area contributed by atoms with Crippen molar-refractivity contribution in [1.82, 2.24) is 16.0 Å². The summed E-state index contributed by atoms with van der Waals surface area (Å²) in [6.45, 7) is 1.86. The highest BCUT2D eigenvalue weighted by Crippen LogP contribution is 2.64. The Kier molecular flexibility index (Phi) is 13.5. The number of nitrogens with two attached hydrogens (primary N) is 1. The summed E-state index contributed by atoms with van der Waals surface area (Å²) in [5, 5.41) is 36.1. The van der Waals surface area contributed by atoms with Crippen LogP contribution in [-0.4, -0.2) is 77.6 Å². The fourth-order valence-corrected chi connectivity index (χ4v) is 18.6. The van der Waals surface area contributed by atoms with E-state index in [1.807, 2.05) is 33.7 Å². The number of hydrogen-bond acceptors (Lipinski definition) is 14. The van der Waals surface area contributed by atoms with E-state index in [0.29, 0.717) is 66.5 Å². The van der Waals surface area contributed by atoms with E-state index in [2.05, 4.69) is 58.2 Å². The lowest BCUT2D eigenvalue weighted by atomic mass is 9.65. The largest absolute Gasteiger partial charge is 0.508 e. The first-order valence-corrected chi connectivity index (χ1v) is 30.8. The number of allylic oxidation sites excluding steroid dienone is 3. The molecule has 10 atom stereocenters. The van der Waals surface area contributed by atoms with Gasteiger partial charge in [0.2, 0.25) is 0 Å². The van der Waals surface area contributed by atoms with Crippen LogP contribution in [0.3, 0.4) is 0 Å². The average molecular weight is 1070 g/mol. The van der Waals surface area contributed by atoms with E-state index in [-0.39, 0.29) is 59.5 Å². The van der Waals surface area contributed by atoms with Gasteiger partial charge in [0.25, 0.3) is 0 Å². The van der Waals surface area contributed by atoms with E-state index in [4.69, 9.17) is 24.7 Å². The number of rotatable bonds is 6. The van der Waals surface area contributed by atoms with Crippen molar-refractivity contribution in [1.29, 1.82) is 0 Å². The van der Waals surface area contributed by atoms with Crippen LogP contribution in [0.5, 0.6) is 28.7 Å². The first-order chi connectivity index (χ1) is 37.0. The van der Waals surface area contributed by atoms with E-state index in [9.17, 15) is 19.8 Å². The Morgan fingerprint density at radius 1 is 0.987 bits per heavy atom. The molecule has 5 fully saturated rings. The molecular formula is C62H72N4O8S2. The molecule has 76 heavy (non-hydrogen) atoms. The molecule has 6 bridgehead atoms. The molecular weight excluding hydrogens is 993 g/mol. The molecule has 12 nitrogen and oxygen atoms in total. The molecule has 0 aromatic heterocycles. The van der Waals surface area contributed by atoms with Crippen LogP contribution in [-0.2, 0) is 39.1 Å². The number of phenolic OH excluding ortho intramolecular Hbond substituents is 2. The molecule has 1 unspecified atom stereocenters. The topological polar surface area (TPSA) is 174 Å². The zero-order valence-corrected chi connectivity index (χ0v) is 45.5. The smallest absolute Gasteiger partial charge is 0.302 e. The number of nitrogens with one attached hydrogen (secondary N) is 3. The first-order valence-electron chi connectivity index (χ1n) is 28.3. The second-order valence-corrected chi connectivity index (χ2v) is 26.5. The lowest BCUT2D eigenvalue weighted by Gasteiger charge is -2.41. The third kappa shape index (κ3) is 9.02. The van der Waals surface area contributed by atoms with Gasteiger partial charge in [-0.05, 0) is 128 Å². The Hall–Kier alpha value is -5.04. The first kappa shape index (κ1) is 50.5. The van der Waals surface area contributed by atoms with Gasteiger partial charge in [-0.15, -0.1) is 0 Å². The summed E-state index contributed by atoms with van der Waals surface area (Å²) in [5.41, 5.74) is 16.4. The lowest BCUT2D eigenvalue weighted by molar-refractivity contribution is -0.142. The standard InChI is InChI=1S/C62H72N4O8S2/c1-34(67)72-31-47-43-13-14-44-54-38(25-41(69)26-50(54)71-2)28-62-22-19-35(27-62)23-37-11-18-53(63)66-48(37)10-6-9-42-46(30-64-52-17-12-40(68)29-61(52)20-3-4-21-61)57(70)60-45(55(42)58(47)74-59(43)56(44)62)15-16-49-51(73-60)33-76-75-32-36-7-5-8-39(24-36)65-49/h11,13-16,18,25-26,35-36,39,47,49,51-53,58,64-66,69-70H,3-5,7-9,12,17,19-24,27-33,63H2,1-2H3/t35-,36-,39+,47+,49+,51-,52+,53?,58+,62-/m1/s1. The Balaban J connectivity index is 1.05. The summed E-state index contributed by atoms with van der Waals surface area (Å²) < 4.78 is 27.5. The average Bonchev–Trinajstić information content (AvgIpc) is 4.30. The van der Waals surface area contributed by atoms with Gasteiger partial charge in [-0.1, -0.05) is 77.1 Å². The van der Waals surface area contributed by atoms with Gasteiger partial charge in [0.15, 0.2) is 11.5 Å². The van der Waals surface area contributed by atoms with E-state index in [0.717, 1.165) is 144 Å². The van der Waals surface area contributed by atoms with Crippen LogP contribution in [0.25, 0.3) is 17.2 Å². The number of ether oxygens (including phenoxy) is 4. The minimum Gasteiger partial charge on any atom is -0.508 e. The third-order valence-corrected chi connectivity index (χ3v) is 21.9. The highest BCUT2D eigenvalue weighted by molar-refractivity contribution is 8.76. The van der Waals surface area contributed by atoms with Gasteiger partial charge in [-0.2, -0.15) is 0 Å². The second-order valence-electron chi connectivity index (χ2n) is 23.9. The van der Waals surface area contributed by atoms with E-state index in [1.165, 1.54) is 19.8 Å². The SMILES string of the molecule is COc1cc(O)cc2c1-c1ccc3c4c1[C@@]1(CC[C@H](CC5=C(C#CCc6c(CN[C@H]7CCC(=O)CC78CCCC8)c(O)c7c(c6[C@@H](O4)[C@H]3COC(C)=O)C=C[C@@H]3N[C@H]4CCC[C@@H](CSSC[C@H]3O7)C4)NC(N)C=C5)C1)C2. The molecule has 5 heterocycles. The third-order valence-electron chi connectivity index (χ3n) is 19.3. The molecule has 10 aliphatic rings. The Morgan fingerprint density at radius 2 is 1.86 bits per heavy atom. The maximum Gasteiger partial charge on any atom is 0.302 e. The summed E-state index contributed by atoms with van der Waals surface area (Å²) in [5.74, 6) is 11.7. The fraction of sp³-hybridized carbons (Fsp3) is 0.548. The van der Waals surface area contributed by atoms with Crippen LogP contribution in [0.15, 0.2) is 53.8 Å². The van der Waals surface area contributed by atoms with Gasteiger partial charge in [0.1, 0.15) is 41.8 Å². The molecule has 13 rings (SSSR count). The van der Waals surface area contributed by atoms with E-state index >= 15 is 0 Å². The molecule has 0 radical (unpaired) electrons. The zero-order valence-electron chi connectivity index (χ0n) is 43.9. The van der Waals surface area contributed by atoms with Crippen LogP contribution in [0.2, 0.25) is 0 Å². The molecule has 0 amide bonds. The van der Waals surface area contributed by atoms with E-state index < -0.39 is 18.2 Å². The van der Waals surface area contributed by atoms with Crippen LogP contribution >= 0.6 is 21.6 Å². The number of ketones is 1. The number of aromatic hydroxyl groups is 2. The van der Waals surface area contributed by atoms with Gasteiger partial charge < -0.3 is 50.8 Å². The fourth-order valence-electron chi connectivity index (χ4n) is 15.9. The normalized spacial score (nSPS) is 31.5. The Morgan fingerprint density at radius 3 is 2.71 bits per heavy atom. The number of phenols is 2. The molecule has 1 saturated heterocycles. The molecule has 3 aromatic carbocycles. The number of benzene rings is 3. The van der Waals surface area contributed by atoms with E-state index in [1.54, 1.807) is 13.2 Å². The Bertz CT molecular complexity index is 3030. The molecule has 5 aliphatic heterocycles. The summed E-state index contributed by atoms with van der Waals surface area (Å²) in [6.07, 6.45) is 22.6. The van der Waals surface area contributed by atoms with Crippen molar-refractivity contribution < 1.29 is 38.7 Å². The lowest BCUT2D eigenvalue weighted by Crippen LogP contribution is -2.49. The monoisotopic (exact) mass is 1060 g/mol. The summed E-state index contributed by atoms with van der Waals surface area (Å²) >= 11 is 0. The number of dihydropyridines is 1. The van der Waals surface area contributed by atoms with Gasteiger partial charge in [0, 0.05) is 101 Å². The number of carbonyl (C=O) groups excluding carboxylic acids is 2. The van der Waals surface area contributed by atoms with Gasteiger partial charge >= 0.3 is 5.97 Å². The predicted molar refractivity (Wildman–Crippen MR) is 298 cm³/mol. The van der Waals surface area contributed by atoms with Crippen molar-refractivity contribution >= 4 is 39.4 Å². The maximum atomic E-state index is 13.3. The highest BCUT2D eigenvalue weighted by Gasteiger charge is 2.52. The molecule has 400 valence electrons. The van der Waals surface area contributed by atoms with Crippen LogP contribution < -0.4 is 35.9 Å². The number of carbonyl (C=O) groups is 2. The Labute approximate surface area is 454 Å². The highest BCUT2D eigenvalue weighted by atomic mass is 33.1. The van der Waals surface area contributed by atoms with Crippen molar-refractivity contribution in [2.24, 2.45) is 23.0 Å². The van der Waals surface area contributed by atoms with Gasteiger partial charge in [0.05, 0.1) is 30.9 Å². The van der Waals surface area contributed by atoms with Crippen LogP contribution in [0, 0.1) is 29.1 Å². The molecule has 14 heteroatoms. The minimum absolute atomic E-state index is 0.0701. The van der Waals surface area contributed by atoms with Crippen LogP contribution in [0.4, 0.5) is 0 Å². The van der Waals surface area contributed by atoms with Crippen molar-refractivity contribution in [3.63, 3.8) is 0 Å². The van der Waals surface area contributed by atoms with Crippen molar-refractivity contribution in [2.75, 3.05) is 25.2 Å². The molecule has 3 aromatic rings. The summed E-state index contributed by atoms with van der Waals surface area (Å²) in [6, 6.07) is 8.31. The molecule has 5 aliphatic carbocycles.